The molecule has 0 aliphatic heterocycles. The summed E-state index contributed by atoms with van der Waals surface area (Å²) in [7, 11) is 1.52. The fourth-order valence-electron chi connectivity index (χ4n) is 2.35. The van der Waals surface area contributed by atoms with Crippen LogP contribution in [0.4, 0.5) is 24.7 Å². The minimum atomic E-state index is -4.59. The molecular formula is C20H26F3N3O2. The van der Waals surface area contributed by atoms with Crippen LogP contribution in [0, 0.1) is 0 Å². The van der Waals surface area contributed by atoms with Crippen LogP contribution in [-0.2, 0) is 6.18 Å². The van der Waals surface area contributed by atoms with Gasteiger partial charge in [0.25, 0.3) is 0 Å². The van der Waals surface area contributed by atoms with Crippen molar-refractivity contribution in [1.29, 1.82) is 0 Å². The van der Waals surface area contributed by atoms with E-state index < -0.39 is 11.7 Å². The van der Waals surface area contributed by atoms with Crippen molar-refractivity contribution < 1.29 is 22.6 Å². The summed E-state index contributed by atoms with van der Waals surface area (Å²) in [5, 5.41) is 0. The lowest BCUT2D eigenvalue weighted by atomic mass is 10.2. The maximum Gasteiger partial charge on any atom is 0.421 e. The van der Waals surface area contributed by atoms with Crippen LogP contribution in [-0.4, -0.2) is 28.7 Å². The Kier molecular flexibility index (Phi) is 6.41. The van der Waals surface area contributed by atoms with Crippen LogP contribution < -0.4 is 14.4 Å². The summed E-state index contributed by atoms with van der Waals surface area (Å²) in [5.41, 5.74) is -0.771. The molecule has 5 nitrogen and oxygen atoms in total. The third-order valence-corrected chi connectivity index (χ3v) is 3.90. The Balaban J connectivity index is 2.38. The van der Waals surface area contributed by atoms with Crippen LogP contribution >= 0.6 is 0 Å². The van der Waals surface area contributed by atoms with Crippen molar-refractivity contribution >= 4 is 11.5 Å². The molecule has 0 N–H and O–H groups in total. The van der Waals surface area contributed by atoms with Gasteiger partial charge >= 0.3 is 12.2 Å². The molecule has 0 saturated heterocycles. The molecule has 0 fully saturated rings. The Morgan fingerprint density at radius 1 is 1.11 bits per heavy atom. The molecule has 0 saturated carbocycles. The largest absolute Gasteiger partial charge is 0.488 e. The predicted octanol–water partition coefficient (Wildman–Crippen LogP) is 5.62. The Morgan fingerprint density at radius 3 is 2.21 bits per heavy atom. The van der Waals surface area contributed by atoms with Crippen molar-refractivity contribution in [1.82, 2.24) is 9.97 Å². The first-order valence-electron chi connectivity index (χ1n) is 9.04. The van der Waals surface area contributed by atoms with E-state index in [0.29, 0.717) is 17.9 Å². The number of ether oxygens (including phenoxy) is 2. The van der Waals surface area contributed by atoms with Gasteiger partial charge in [-0.15, -0.1) is 0 Å². The van der Waals surface area contributed by atoms with Crippen molar-refractivity contribution in [2.75, 3.05) is 11.9 Å². The number of halogens is 3. The zero-order valence-electron chi connectivity index (χ0n) is 17.0. The van der Waals surface area contributed by atoms with Gasteiger partial charge in [0, 0.05) is 18.9 Å². The third-order valence-electron chi connectivity index (χ3n) is 3.90. The number of nitrogens with zero attached hydrogens (tertiary/aromatic N) is 3. The minimum absolute atomic E-state index is 0.0862. The highest BCUT2D eigenvalue weighted by atomic mass is 19.4. The number of alkyl halides is 3. The number of hydrogen-bond donors (Lipinski definition) is 0. The van der Waals surface area contributed by atoms with E-state index in [4.69, 9.17) is 9.47 Å². The van der Waals surface area contributed by atoms with Gasteiger partial charge in [0.1, 0.15) is 16.9 Å². The first-order chi connectivity index (χ1) is 12.9. The number of anilines is 2. The lowest BCUT2D eigenvalue weighted by Gasteiger charge is -2.24. The molecule has 1 atom stereocenters. The van der Waals surface area contributed by atoms with E-state index in [0.717, 1.165) is 6.20 Å². The zero-order valence-corrected chi connectivity index (χ0v) is 17.0. The first-order valence-corrected chi connectivity index (χ1v) is 9.04. The zero-order chi connectivity index (χ0) is 21.1. The highest BCUT2D eigenvalue weighted by Crippen LogP contribution is 2.38. The van der Waals surface area contributed by atoms with Crippen molar-refractivity contribution in [3.63, 3.8) is 0 Å². The highest BCUT2D eigenvalue weighted by Gasteiger charge is 2.37. The molecule has 0 spiro atoms. The molecule has 28 heavy (non-hydrogen) atoms. The first kappa shape index (κ1) is 21.8. The Labute approximate surface area is 163 Å². The van der Waals surface area contributed by atoms with Crippen molar-refractivity contribution in [3.8, 4) is 11.8 Å². The topological polar surface area (TPSA) is 47.5 Å². The summed E-state index contributed by atoms with van der Waals surface area (Å²) < 4.78 is 51.6. The average Bonchev–Trinajstić information content (AvgIpc) is 2.59. The molecule has 0 bridgehead atoms. The van der Waals surface area contributed by atoms with Crippen molar-refractivity contribution in [2.24, 2.45) is 0 Å². The molecule has 1 aromatic carbocycles. The molecule has 0 aliphatic rings. The fourth-order valence-corrected chi connectivity index (χ4v) is 2.35. The lowest BCUT2D eigenvalue weighted by Crippen LogP contribution is -2.23. The monoisotopic (exact) mass is 397 g/mol. The molecule has 0 amide bonds. The maximum absolute atomic E-state index is 13.5. The van der Waals surface area contributed by atoms with Crippen molar-refractivity contribution in [3.05, 3.63) is 36.0 Å². The lowest BCUT2D eigenvalue weighted by molar-refractivity contribution is -0.137. The fraction of sp³-hybridized carbons (Fsp3) is 0.500. The Morgan fingerprint density at radius 2 is 1.71 bits per heavy atom. The average molecular weight is 397 g/mol. The van der Waals surface area contributed by atoms with E-state index in [1.54, 1.807) is 31.2 Å². The molecule has 0 aliphatic carbocycles. The molecule has 0 radical (unpaired) electrons. The van der Waals surface area contributed by atoms with Gasteiger partial charge in [-0.3, -0.25) is 0 Å². The second-order valence-corrected chi connectivity index (χ2v) is 7.49. The van der Waals surface area contributed by atoms with Gasteiger partial charge in [0.05, 0.1) is 6.10 Å². The minimum Gasteiger partial charge on any atom is -0.488 e. The second kappa shape index (κ2) is 8.24. The van der Waals surface area contributed by atoms with Gasteiger partial charge in [-0.25, -0.2) is 4.98 Å². The molecule has 1 heterocycles. The van der Waals surface area contributed by atoms with E-state index in [2.05, 4.69) is 9.97 Å². The molecule has 1 aromatic heterocycles. The number of benzene rings is 1. The van der Waals surface area contributed by atoms with Gasteiger partial charge in [-0.2, -0.15) is 18.2 Å². The van der Waals surface area contributed by atoms with E-state index >= 15 is 0 Å². The summed E-state index contributed by atoms with van der Waals surface area (Å²) in [6.07, 6.45) is -3.35. The molecule has 2 rings (SSSR count). The van der Waals surface area contributed by atoms with Crippen LogP contribution in [0.1, 0.15) is 46.6 Å². The second-order valence-electron chi connectivity index (χ2n) is 7.49. The Hall–Kier alpha value is -2.51. The van der Waals surface area contributed by atoms with E-state index in [9.17, 15) is 13.2 Å². The predicted molar refractivity (Wildman–Crippen MR) is 102 cm³/mol. The van der Waals surface area contributed by atoms with Gasteiger partial charge in [-0.1, -0.05) is 6.92 Å². The number of aromatic nitrogens is 2. The summed E-state index contributed by atoms with van der Waals surface area (Å²) in [4.78, 5) is 9.11. The van der Waals surface area contributed by atoms with Gasteiger partial charge in [0.15, 0.2) is 5.82 Å². The molecule has 2 aromatic rings. The van der Waals surface area contributed by atoms with Crippen LogP contribution in [0.2, 0.25) is 0 Å². The summed E-state index contributed by atoms with van der Waals surface area (Å²) >= 11 is 0. The van der Waals surface area contributed by atoms with E-state index in [1.807, 2.05) is 27.7 Å². The normalized spacial score (nSPS) is 13.2. The summed E-state index contributed by atoms with van der Waals surface area (Å²) in [5.74, 6) is 0.356. The third kappa shape index (κ3) is 5.74. The van der Waals surface area contributed by atoms with Gasteiger partial charge in [0.2, 0.25) is 0 Å². The maximum atomic E-state index is 13.5. The van der Waals surface area contributed by atoms with E-state index in [1.165, 1.54) is 11.9 Å². The molecular weight excluding hydrogens is 371 g/mol. The quantitative estimate of drug-likeness (QED) is 0.633. The Bertz CT molecular complexity index is 787. The SMILES string of the molecule is CCC(C)Oc1ncc(C(F)(F)F)c(N(C)c2ccc(OC(C)(C)C)cc2)n1. The number of hydrogen-bond acceptors (Lipinski definition) is 5. The number of rotatable bonds is 6. The van der Waals surface area contributed by atoms with Gasteiger partial charge < -0.3 is 14.4 Å². The van der Waals surface area contributed by atoms with Crippen LogP contribution in [0.15, 0.2) is 30.5 Å². The van der Waals surface area contributed by atoms with Crippen LogP contribution in [0.25, 0.3) is 0 Å². The molecule has 1 unspecified atom stereocenters. The smallest absolute Gasteiger partial charge is 0.421 e. The highest BCUT2D eigenvalue weighted by molar-refractivity contribution is 5.63. The standard InChI is InChI=1S/C20H26F3N3O2/c1-7-13(2)27-18-24-12-16(20(21,22)23)17(25-18)26(6)14-8-10-15(11-9-14)28-19(3,4)5/h8-13H,7H2,1-6H3. The van der Waals surface area contributed by atoms with E-state index in [-0.39, 0.29) is 23.5 Å². The van der Waals surface area contributed by atoms with Crippen LogP contribution in [0.5, 0.6) is 11.8 Å². The molecule has 8 heteroatoms. The summed E-state index contributed by atoms with van der Waals surface area (Å²) in [6.45, 7) is 9.47. The van der Waals surface area contributed by atoms with Crippen molar-refractivity contribution in [2.45, 2.75) is 58.9 Å². The summed E-state index contributed by atoms with van der Waals surface area (Å²) in [6, 6.07) is 6.69. The van der Waals surface area contributed by atoms with Gasteiger partial charge in [-0.05, 0) is 58.4 Å². The molecule has 154 valence electrons. The van der Waals surface area contributed by atoms with Crippen LogP contribution in [0.3, 0.4) is 0 Å².